The molecule has 0 aliphatic rings. The van der Waals surface area contributed by atoms with Crippen molar-refractivity contribution in [3.63, 3.8) is 0 Å². The van der Waals surface area contributed by atoms with Crippen LogP contribution in [0.2, 0.25) is 0 Å². The minimum absolute atomic E-state index is 0. The predicted octanol–water partition coefficient (Wildman–Crippen LogP) is 2.34. The van der Waals surface area contributed by atoms with Crippen molar-refractivity contribution in [2.75, 3.05) is 0 Å². The smallest absolute Gasteiger partial charge is 0.870 e. The van der Waals surface area contributed by atoms with Gasteiger partial charge in [0.2, 0.25) is 0 Å². The summed E-state index contributed by atoms with van der Waals surface area (Å²) < 4.78 is 0. The standard InChI is InChI=1S/3C2H5.H2O.Ti/c3*1-2;;/h3*1H2,2H3;1H2;/q3*-1;;+4/p-1. The van der Waals surface area contributed by atoms with E-state index in [4.69, 9.17) is 0 Å². The van der Waals surface area contributed by atoms with E-state index in [-0.39, 0.29) is 27.2 Å². The number of hydrogen-bond acceptors (Lipinski definition) is 1. The molecule has 0 aliphatic carbocycles. The Hall–Kier alpha value is 0.674. The molecule has 0 aromatic heterocycles. The van der Waals surface area contributed by atoms with Crippen molar-refractivity contribution < 1.29 is 27.2 Å². The molecule has 0 unspecified atom stereocenters. The van der Waals surface area contributed by atoms with Crippen molar-refractivity contribution >= 4 is 0 Å². The molecule has 0 saturated heterocycles. The zero-order chi connectivity index (χ0) is 6.00. The molecule has 0 spiro atoms. The van der Waals surface area contributed by atoms with E-state index in [1.54, 1.807) is 20.8 Å². The molecule has 0 aliphatic heterocycles. The van der Waals surface area contributed by atoms with Crippen LogP contribution in [0.4, 0.5) is 0 Å². The summed E-state index contributed by atoms with van der Waals surface area (Å²) in [5, 5.41) is 0. The summed E-state index contributed by atoms with van der Waals surface area (Å²) in [4.78, 5) is 0. The summed E-state index contributed by atoms with van der Waals surface area (Å²) in [6.45, 7) is 15.0. The molecule has 0 radical (unpaired) electrons. The second kappa shape index (κ2) is 752. The molecular formula is C6H16OTi. The van der Waals surface area contributed by atoms with E-state index in [2.05, 4.69) is 20.8 Å². The first-order valence-electron chi connectivity index (χ1n) is 2.12. The van der Waals surface area contributed by atoms with Crippen LogP contribution in [0.3, 0.4) is 0 Å². The Bertz CT molecular complexity index is 8.49. The molecule has 0 heterocycles. The average molecular weight is 152 g/mol. The molecule has 50 valence electrons. The van der Waals surface area contributed by atoms with E-state index < -0.39 is 0 Å². The van der Waals surface area contributed by atoms with Crippen LogP contribution in [0.5, 0.6) is 0 Å². The Morgan fingerprint density at radius 1 is 0.625 bits per heavy atom. The molecule has 8 heavy (non-hydrogen) atoms. The topological polar surface area (TPSA) is 30.0 Å². The maximum Gasteiger partial charge on any atom is 4.00 e. The van der Waals surface area contributed by atoms with E-state index >= 15 is 0 Å². The van der Waals surface area contributed by atoms with Gasteiger partial charge in [-0.15, -0.1) is 0 Å². The molecule has 0 bridgehead atoms. The van der Waals surface area contributed by atoms with Crippen LogP contribution in [-0.2, 0) is 21.7 Å². The van der Waals surface area contributed by atoms with Gasteiger partial charge in [-0.05, 0) is 0 Å². The Morgan fingerprint density at radius 2 is 0.625 bits per heavy atom. The van der Waals surface area contributed by atoms with Gasteiger partial charge in [-0.2, -0.15) is 20.8 Å². The maximum atomic E-state index is 3.25. The van der Waals surface area contributed by atoms with E-state index in [9.17, 15) is 0 Å². The quantitative estimate of drug-likeness (QED) is 0.387. The Morgan fingerprint density at radius 3 is 0.625 bits per heavy atom. The first kappa shape index (κ1) is 37.8. The van der Waals surface area contributed by atoms with E-state index in [0.717, 1.165) is 0 Å². The van der Waals surface area contributed by atoms with Gasteiger partial charge in [0.1, 0.15) is 0 Å². The molecule has 1 nitrogen and oxygen atoms in total. The van der Waals surface area contributed by atoms with Crippen LogP contribution >= 0.6 is 0 Å². The molecule has 0 aromatic rings. The monoisotopic (exact) mass is 152 g/mol. The van der Waals surface area contributed by atoms with Gasteiger partial charge in [0, 0.05) is 0 Å². The van der Waals surface area contributed by atoms with Crippen molar-refractivity contribution in [3.8, 4) is 0 Å². The Balaban J connectivity index is -0.00000000500. The van der Waals surface area contributed by atoms with Gasteiger partial charge in [0.25, 0.3) is 0 Å². The SMILES string of the molecule is [CH2-]C.[CH2-]C.[CH2-]C.[OH-].[Ti+4]. The predicted molar refractivity (Wildman–Crippen MR) is 35.0 cm³/mol. The largest absolute Gasteiger partial charge is 4.00 e. The van der Waals surface area contributed by atoms with Crippen LogP contribution in [0.1, 0.15) is 20.8 Å². The Labute approximate surface area is 69.1 Å². The maximum absolute atomic E-state index is 3.25. The second-order valence-corrected chi connectivity index (χ2v) is 0. The number of rotatable bonds is 0. The molecule has 0 aromatic carbocycles. The summed E-state index contributed by atoms with van der Waals surface area (Å²) in [6.07, 6.45) is 0. The second-order valence-electron chi connectivity index (χ2n) is 0. The van der Waals surface area contributed by atoms with Crippen LogP contribution in [0, 0.1) is 20.8 Å². The first-order valence-corrected chi connectivity index (χ1v) is 2.12. The fourth-order valence-electron chi connectivity index (χ4n) is 0. The van der Waals surface area contributed by atoms with Crippen LogP contribution in [0.15, 0.2) is 0 Å². The van der Waals surface area contributed by atoms with Crippen LogP contribution < -0.4 is 0 Å². The van der Waals surface area contributed by atoms with E-state index in [1.807, 2.05) is 0 Å². The van der Waals surface area contributed by atoms with Crippen LogP contribution in [-0.4, -0.2) is 5.48 Å². The van der Waals surface area contributed by atoms with Gasteiger partial charge >= 0.3 is 21.7 Å². The van der Waals surface area contributed by atoms with Crippen molar-refractivity contribution in [2.24, 2.45) is 0 Å². The van der Waals surface area contributed by atoms with Gasteiger partial charge in [0.05, 0.1) is 0 Å². The third-order valence-electron chi connectivity index (χ3n) is 0. The normalized spacial score (nSPS) is 2.25. The third-order valence-corrected chi connectivity index (χ3v) is 0. The van der Waals surface area contributed by atoms with Gasteiger partial charge in [-0.25, -0.2) is 0 Å². The summed E-state index contributed by atoms with van der Waals surface area (Å²) >= 11 is 0. The minimum atomic E-state index is 0. The molecule has 0 rings (SSSR count). The van der Waals surface area contributed by atoms with Gasteiger partial charge in [-0.1, -0.05) is 0 Å². The Kier molecular flexibility index (Phi) is 3560. The van der Waals surface area contributed by atoms with Crippen molar-refractivity contribution in [1.82, 2.24) is 0 Å². The minimum Gasteiger partial charge on any atom is -0.870 e. The molecule has 1 N–H and O–H groups in total. The van der Waals surface area contributed by atoms with E-state index in [1.165, 1.54) is 0 Å². The molecule has 2 heteroatoms. The summed E-state index contributed by atoms with van der Waals surface area (Å²) in [5.74, 6) is 0. The third kappa shape index (κ3) is 473. The molecule has 0 atom stereocenters. The zero-order valence-electron chi connectivity index (χ0n) is 6.07. The molecule has 0 saturated carbocycles. The average Bonchev–Trinajstić information content (AvgIpc) is 1.81. The van der Waals surface area contributed by atoms with Crippen molar-refractivity contribution in [1.29, 1.82) is 0 Å². The first-order chi connectivity index (χ1) is 3.00. The molecule has 0 fully saturated rings. The van der Waals surface area contributed by atoms with Gasteiger partial charge < -0.3 is 26.2 Å². The summed E-state index contributed by atoms with van der Waals surface area (Å²) in [5.41, 5.74) is 0. The van der Waals surface area contributed by atoms with Crippen molar-refractivity contribution in [2.45, 2.75) is 20.8 Å². The zero-order valence-corrected chi connectivity index (χ0v) is 7.63. The van der Waals surface area contributed by atoms with Crippen LogP contribution in [0.25, 0.3) is 0 Å². The fraction of sp³-hybridized carbons (Fsp3) is 0.500. The summed E-state index contributed by atoms with van der Waals surface area (Å²) in [6, 6.07) is 0. The van der Waals surface area contributed by atoms with Crippen molar-refractivity contribution in [3.05, 3.63) is 20.8 Å². The van der Waals surface area contributed by atoms with Gasteiger partial charge in [0.15, 0.2) is 0 Å². The number of hydrogen-bond donors (Lipinski definition) is 0. The molecule has 0 amide bonds. The fourth-order valence-corrected chi connectivity index (χ4v) is 0. The summed E-state index contributed by atoms with van der Waals surface area (Å²) in [7, 11) is 0. The van der Waals surface area contributed by atoms with E-state index in [0.29, 0.717) is 0 Å². The van der Waals surface area contributed by atoms with Gasteiger partial charge in [-0.3, -0.25) is 0 Å². The molecular weight excluding hydrogens is 136 g/mol.